The summed E-state index contributed by atoms with van der Waals surface area (Å²) >= 11 is 0. The molecule has 0 amide bonds. The van der Waals surface area contributed by atoms with Gasteiger partial charge in [-0.05, 0) is 17.4 Å². The Morgan fingerprint density at radius 1 is 1.11 bits per heavy atom. The van der Waals surface area contributed by atoms with Gasteiger partial charge in [0.25, 0.3) is 0 Å². The van der Waals surface area contributed by atoms with E-state index < -0.39 is 11.7 Å². The van der Waals surface area contributed by atoms with E-state index in [0.29, 0.717) is 6.42 Å². The van der Waals surface area contributed by atoms with Crippen molar-refractivity contribution < 1.29 is 10.2 Å². The largest absolute Gasteiger partial charge is 0.393 e. The van der Waals surface area contributed by atoms with E-state index in [1.165, 1.54) is 0 Å². The Bertz CT molecular complexity index is 366. The monoisotopic (exact) mass is 250 g/mol. The van der Waals surface area contributed by atoms with Gasteiger partial charge in [0, 0.05) is 5.92 Å². The van der Waals surface area contributed by atoms with Crippen LogP contribution in [0.2, 0.25) is 0 Å². The Balaban J connectivity index is 3.29. The van der Waals surface area contributed by atoms with Crippen LogP contribution in [0, 0.1) is 11.3 Å². The van der Waals surface area contributed by atoms with Crippen LogP contribution >= 0.6 is 0 Å². The molecule has 0 aliphatic rings. The van der Waals surface area contributed by atoms with Gasteiger partial charge in [-0.25, -0.2) is 0 Å². The zero-order valence-corrected chi connectivity index (χ0v) is 12.1. The van der Waals surface area contributed by atoms with Gasteiger partial charge in [0.15, 0.2) is 0 Å². The molecule has 0 aromatic heterocycles. The summed E-state index contributed by atoms with van der Waals surface area (Å²) in [5.74, 6) is -0.218. The number of aliphatic hydroxyl groups is 2. The number of hydrogen-bond donors (Lipinski definition) is 2. The molecule has 3 atom stereocenters. The summed E-state index contributed by atoms with van der Waals surface area (Å²) in [6.45, 7) is 9.90. The quantitative estimate of drug-likeness (QED) is 0.860. The molecule has 0 radical (unpaired) electrons. The molecule has 1 rings (SSSR count). The molecule has 0 saturated carbocycles. The molecule has 1 aromatic carbocycles. The Hall–Kier alpha value is -0.860. The van der Waals surface area contributed by atoms with Gasteiger partial charge in [0.1, 0.15) is 0 Å². The number of hydrogen-bond acceptors (Lipinski definition) is 2. The van der Waals surface area contributed by atoms with Gasteiger partial charge in [-0.3, -0.25) is 0 Å². The lowest BCUT2D eigenvalue weighted by atomic mass is 9.64. The second kappa shape index (κ2) is 5.41. The lowest BCUT2D eigenvalue weighted by molar-refractivity contribution is -0.139. The molecule has 0 aliphatic carbocycles. The SMILES string of the molecule is CC[C@H](O)[C@@H](C)[C@](O)(c1ccccc1)C(C)(C)C. The molecule has 0 unspecified atom stereocenters. The van der Waals surface area contributed by atoms with Crippen LogP contribution in [0.1, 0.15) is 46.6 Å². The van der Waals surface area contributed by atoms with E-state index in [1.807, 2.05) is 65.0 Å². The lowest BCUT2D eigenvalue weighted by Gasteiger charge is -2.46. The molecule has 0 saturated heterocycles. The van der Waals surface area contributed by atoms with Crippen LogP contribution in [-0.4, -0.2) is 16.3 Å². The van der Waals surface area contributed by atoms with Crippen molar-refractivity contribution in [3.05, 3.63) is 35.9 Å². The van der Waals surface area contributed by atoms with Gasteiger partial charge in [0.05, 0.1) is 11.7 Å². The van der Waals surface area contributed by atoms with E-state index in [4.69, 9.17) is 0 Å². The molecule has 2 nitrogen and oxygen atoms in total. The maximum absolute atomic E-state index is 11.2. The average Bonchev–Trinajstić information content (AvgIpc) is 2.35. The standard InChI is InChI=1S/C16H26O2/c1-6-14(17)12(2)16(18,15(3,4)5)13-10-8-7-9-11-13/h7-12,14,17-18H,6H2,1-5H3/t12-,14+,16+/m1/s1. The van der Waals surface area contributed by atoms with Gasteiger partial charge < -0.3 is 10.2 Å². The van der Waals surface area contributed by atoms with Crippen LogP contribution in [0.5, 0.6) is 0 Å². The van der Waals surface area contributed by atoms with Gasteiger partial charge in [-0.1, -0.05) is 65.0 Å². The minimum atomic E-state index is -1.04. The first kappa shape index (κ1) is 15.2. The summed E-state index contributed by atoms with van der Waals surface area (Å²) in [4.78, 5) is 0. The first-order chi connectivity index (χ1) is 8.25. The maximum Gasteiger partial charge on any atom is 0.0994 e. The van der Waals surface area contributed by atoms with Crippen molar-refractivity contribution in [2.24, 2.45) is 11.3 Å². The highest BCUT2D eigenvalue weighted by Crippen LogP contribution is 2.46. The highest BCUT2D eigenvalue weighted by atomic mass is 16.3. The van der Waals surface area contributed by atoms with E-state index in [9.17, 15) is 10.2 Å². The van der Waals surface area contributed by atoms with E-state index in [1.54, 1.807) is 0 Å². The molecular formula is C16H26O2. The van der Waals surface area contributed by atoms with Crippen molar-refractivity contribution in [2.75, 3.05) is 0 Å². The van der Waals surface area contributed by atoms with Crippen LogP contribution in [0.4, 0.5) is 0 Å². The topological polar surface area (TPSA) is 40.5 Å². The Morgan fingerprint density at radius 2 is 1.61 bits per heavy atom. The highest BCUT2D eigenvalue weighted by molar-refractivity contribution is 5.26. The highest BCUT2D eigenvalue weighted by Gasteiger charge is 2.47. The van der Waals surface area contributed by atoms with Crippen LogP contribution in [-0.2, 0) is 5.60 Å². The molecular weight excluding hydrogens is 224 g/mol. The summed E-state index contributed by atoms with van der Waals surface area (Å²) in [5.41, 5.74) is -0.509. The summed E-state index contributed by atoms with van der Waals surface area (Å²) in [6, 6.07) is 9.66. The van der Waals surface area contributed by atoms with Crippen LogP contribution in [0.3, 0.4) is 0 Å². The molecule has 0 fully saturated rings. The Kier molecular flexibility index (Phi) is 4.57. The summed E-state index contributed by atoms with van der Waals surface area (Å²) in [6.07, 6.45) is 0.140. The predicted molar refractivity (Wildman–Crippen MR) is 75.3 cm³/mol. The first-order valence-electron chi connectivity index (χ1n) is 6.71. The Labute approximate surface area is 111 Å². The molecule has 1 aromatic rings. The minimum Gasteiger partial charge on any atom is -0.393 e. The van der Waals surface area contributed by atoms with Crippen LogP contribution < -0.4 is 0 Å². The van der Waals surface area contributed by atoms with Crippen molar-refractivity contribution in [2.45, 2.75) is 52.7 Å². The lowest BCUT2D eigenvalue weighted by Crippen LogP contribution is -2.49. The van der Waals surface area contributed by atoms with Crippen LogP contribution in [0.25, 0.3) is 0 Å². The molecule has 102 valence electrons. The van der Waals surface area contributed by atoms with Crippen molar-refractivity contribution in [1.29, 1.82) is 0 Å². The molecule has 2 heteroatoms. The third kappa shape index (κ3) is 2.60. The number of rotatable bonds is 4. The van der Waals surface area contributed by atoms with E-state index in [2.05, 4.69) is 0 Å². The minimum absolute atomic E-state index is 0.218. The zero-order valence-electron chi connectivity index (χ0n) is 12.1. The smallest absolute Gasteiger partial charge is 0.0994 e. The second-order valence-corrected chi connectivity index (χ2v) is 6.15. The zero-order chi connectivity index (χ0) is 14.0. The molecule has 0 aliphatic heterocycles. The van der Waals surface area contributed by atoms with E-state index in [0.717, 1.165) is 5.56 Å². The van der Waals surface area contributed by atoms with E-state index >= 15 is 0 Å². The second-order valence-electron chi connectivity index (χ2n) is 6.15. The number of benzene rings is 1. The predicted octanol–water partition coefficient (Wildman–Crippen LogP) is 3.33. The molecule has 0 spiro atoms. The van der Waals surface area contributed by atoms with Crippen molar-refractivity contribution in [3.8, 4) is 0 Å². The average molecular weight is 250 g/mol. The number of aliphatic hydroxyl groups excluding tert-OH is 1. The molecule has 18 heavy (non-hydrogen) atoms. The molecule has 0 bridgehead atoms. The van der Waals surface area contributed by atoms with Gasteiger partial charge >= 0.3 is 0 Å². The normalized spacial score (nSPS) is 19.1. The molecule has 0 heterocycles. The first-order valence-corrected chi connectivity index (χ1v) is 6.71. The van der Waals surface area contributed by atoms with Gasteiger partial charge in [-0.15, -0.1) is 0 Å². The Morgan fingerprint density at radius 3 is 2.00 bits per heavy atom. The molecule has 2 N–H and O–H groups in total. The fourth-order valence-corrected chi connectivity index (χ4v) is 2.70. The summed E-state index contributed by atoms with van der Waals surface area (Å²) < 4.78 is 0. The third-order valence-electron chi connectivity index (χ3n) is 4.01. The van der Waals surface area contributed by atoms with Gasteiger partial charge in [-0.2, -0.15) is 0 Å². The third-order valence-corrected chi connectivity index (χ3v) is 4.01. The fourth-order valence-electron chi connectivity index (χ4n) is 2.70. The van der Waals surface area contributed by atoms with Crippen molar-refractivity contribution in [3.63, 3.8) is 0 Å². The fraction of sp³-hybridized carbons (Fsp3) is 0.625. The van der Waals surface area contributed by atoms with Crippen molar-refractivity contribution >= 4 is 0 Å². The van der Waals surface area contributed by atoms with Gasteiger partial charge in [0.2, 0.25) is 0 Å². The maximum atomic E-state index is 11.2. The van der Waals surface area contributed by atoms with E-state index in [-0.39, 0.29) is 11.3 Å². The summed E-state index contributed by atoms with van der Waals surface area (Å²) in [7, 11) is 0. The summed E-state index contributed by atoms with van der Waals surface area (Å²) in [5, 5.41) is 21.4. The van der Waals surface area contributed by atoms with Crippen LogP contribution in [0.15, 0.2) is 30.3 Å². The van der Waals surface area contributed by atoms with Crippen molar-refractivity contribution in [1.82, 2.24) is 0 Å².